The molecule has 1 aliphatic rings. The quantitative estimate of drug-likeness (QED) is 0.828. The second kappa shape index (κ2) is 7.04. The Labute approximate surface area is 143 Å². The van der Waals surface area contributed by atoms with Crippen molar-refractivity contribution < 1.29 is 14.3 Å². The second-order valence-corrected chi connectivity index (χ2v) is 8.81. The lowest BCUT2D eigenvalue weighted by molar-refractivity contribution is -0.120. The normalized spacial score (nSPS) is 14.5. The van der Waals surface area contributed by atoms with E-state index >= 15 is 0 Å². The minimum Gasteiger partial charge on any atom is -0.486 e. The molecule has 1 heterocycles. The molecule has 0 aliphatic carbocycles. The third kappa shape index (κ3) is 5.98. The number of rotatable bonds is 5. The molecular weight excluding hydrogens is 310 g/mol. The Morgan fingerprint density at radius 1 is 1.13 bits per heavy atom. The fraction of sp³-hybridized carbons (Fsp3) is 0.611. The predicted octanol–water partition coefficient (Wildman–Crippen LogP) is 3.88. The number of benzene rings is 1. The van der Waals surface area contributed by atoms with Gasteiger partial charge in [0.2, 0.25) is 5.91 Å². The van der Waals surface area contributed by atoms with Gasteiger partial charge in [-0.05, 0) is 43.9 Å². The number of fused-ring (bicyclic) bond motifs is 1. The average molecular weight is 337 g/mol. The van der Waals surface area contributed by atoms with Gasteiger partial charge in [0.05, 0.1) is 5.75 Å². The zero-order valence-electron chi connectivity index (χ0n) is 14.7. The van der Waals surface area contributed by atoms with Crippen LogP contribution in [0.1, 0.15) is 41.0 Å². The van der Waals surface area contributed by atoms with Crippen molar-refractivity contribution in [3.8, 4) is 11.5 Å². The third-order valence-corrected chi connectivity index (χ3v) is 4.33. The first-order valence-electron chi connectivity index (χ1n) is 7.98. The molecule has 1 aliphatic heterocycles. The summed E-state index contributed by atoms with van der Waals surface area (Å²) in [7, 11) is 0. The molecule has 5 heteroatoms. The Kier molecular flexibility index (Phi) is 5.50. The predicted molar refractivity (Wildman–Crippen MR) is 94.4 cm³/mol. The van der Waals surface area contributed by atoms with Gasteiger partial charge in [-0.2, -0.15) is 0 Å². The van der Waals surface area contributed by atoms with Crippen LogP contribution in [0.15, 0.2) is 23.1 Å². The van der Waals surface area contributed by atoms with E-state index in [-0.39, 0.29) is 16.9 Å². The Morgan fingerprint density at radius 2 is 1.78 bits per heavy atom. The Balaban J connectivity index is 1.87. The van der Waals surface area contributed by atoms with E-state index in [0.717, 1.165) is 22.8 Å². The fourth-order valence-electron chi connectivity index (χ4n) is 3.05. The SMILES string of the molecule is CC(C)(C)CC(C)(C)NC(=O)CSc1ccc2c(c1)OCCO2. The van der Waals surface area contributed by atoms with Crippen molar-refractivity contribution in [1.82, 2.24) is 5.32 Å². The molecule has 0 fully saturated rings. The smallest absolute Gasteiger partial charge is 0.230 e. The van der Waals surface area contributed by atoms with Gasteiger partial charge in [-0.25, -0.2) is 0 Å². The highest BCUT2D eigenvalue weighted by molar-refractivity contribution is 8.00. The molecule has 0 saturated carbocycles. The zero-order chi connectivity index (χ0) is 17.1. The summed E-state index contributed by atoms with van der Waals surface area (Å²) in [6, 6.07) is 5.80. The number of hydrogen-bond acceptors (Lipinski definition) is 4. The molecule has 0 saturated heterocycles. The molecule has 1 aromatic carbocycles. The summed E-state index contributed by atoms with van der Waals surface area (Å²) in [5.41, 5.74) is -0.0253. The van der Waals surface area contributed by atoms with Gasteiger partial charge < -0.3 is 14.8 Å². The van der Waals surface area contributed by atoms with Gasteiger partial charge in [-0.3, -0.25) is 4.79 Å². The number of amides is 1. The molecule has 1 N–H and O–H groups in total. The molecule has 0 spiro atoms. The van der Waals surface area contributed by atoms with Gasteiger partial charge in [0.25, 0.3) is 0 Å². The van der Waals surface area contributed by atoms with Crippen molar-refractivity contribution in [3.63, 3.8) is 0 Å². The number of thioether (sulfide) groups is 1. The van der Waals surface area contributed by atoms with E-state index in [0.29, 0.717) is 19.0 Å². The maximum Gasteiger partial charge on any atom is 0.230 e. The van der Waals surface area contributed by atoms with E-state index in [9.17, 15) is 4.79 Å². The molecule has 4 nitrogen and oxygen atoms in total. The lowest BCUT2D eigenvalue weighted by Gasteiger charge is -2.33. The molecule has 2 rings (SSSR count). The first-order valence-corrected chi connectivity index (χ1v) is 8.97. The maximum absolute atomic E-state index is 12.2. The molecule has 0 aromatic heterocycles. The summed E-state index contributed by atoms with van der Waals surface area (Å²) in [4.78, 5) is 13.2. The molecular formula is C18H27NO3S. The molecule has 128 valence electrons. The molecule has 0 unspecified atom stereocenters. The topological polar surface area (TPSA) is 47.6 Å². The van der Waals surface area contributed by atoms with Gasteiger partial charge >= 0.3 is 0 Å². The summed E-state index contributed by atoms with van der Waals surface area (Å²) in [5.74, 6) is 1.98. The Hall–Kier alpha value is -1.36. The van der Waals surface area contributed by atoms with Crippen LogP contribution in [-0.4, -0.2) is 30.4 Å². The van der Waals surface area contributed by atoms with Crippen LogP contribution in [0.4, 0.5) is 0 Å². The van der Waals surface area contributed by atoms with Crippen LogP contribution in [-0.2, 0) is 4.79 Å². The van der Waals surface area contributed by atoms with Crippen LogP contribution < -0.4 is 14.8 Å². The average Bonchev–Trinajstić information content (AvgIpc) is 2.41. The molecule has 1 amide bonds. The largest absolute Gasteiger partial charge is 0.486 e. The summed E-state index contributed by atoms with van der Waals surface area (Å²) < 4.78 is 11.1. The Morgan fingerprint density at radius 3 is 2.43 bits per heavy atom. The first-order chi connectivity index (χ1) is 10.6. The summed E-state index contributed by atoms with van der Waals surface area (Å²) in [6.07, 6.45) is 0.931. The van der Waals surface area contributed by atoms with E-state index in [1.165, 1.54) is 11.8 Å². The second-order valence-electron chi connectivity index (χ2n) is 7.76. The minimum absolute atomic E-state index is 0.0548. The molecule has 0 radical (unpaired) electrons. The number of hydrogen-bond donors (Lipinski definition) is 1. The lowest BCUT2D eigenvalue weighted by atomic mass is 9.82. The van der Waals surface area contributed by atoms with E-state index in [4.69, 9.17) is 9.47 Å². The lowest BCUT2D eigenvalue weighted by Crippen LogP contribution is -2.46. The van der Waals surface area contributed by atoms with Crippen molar-refractivity contribution in [2.24, 2.45) is 5.41 Å². The van der Waals surface area contributed by atoms with Gasteiger partial charge in [0.1, 0.15) is 13.2 Å². The van der Waals surface area contributed by atoms with E-state index in [1.54, 1.807) is 0 Å². The van der Waals surface area contributed by atoms with Gasteiger partial charge in [0, 0.05) is 10.4 Å². The van der Waals surface area contributed by atoms with Crippen molar-refractivity contribution >= 4 is 17.7 Å². The van der Waals surface area contributed by atoms with Gasteiger partial charge in [0.15, 0.2) is 11.5 Å². The van der Waals surface area contributed by atoms with Crippen LogP contribution in [0, 0.1) is 5.41 Å². The standard InChI is InChI=1S/C18H27NO3S/c1-17(2,3)12-18(4,5)19-16(20)11-23-13-6-7-14-15(10-13)22-9-8-21-14/h6-7,10H,8-9,11-12H2,1-5H3,(H,19,20). The van der Waals surface area contributed by atoms with Crippen molar-refractivity contribution in [2.75, 3.05) is 19.0 Å². The third-order valence-electron chi connectivity index (χ3n) is 3.33. The van der Waals surface area contributed by atoms with Gasteiger partial charge in [-0.15, -0.1) is 11.8 Å². The molecule has 0 atom stereocenters. The Bertz CT molecular complexity index is 564. The van der Waals surface area contributed by atoms with Crippen LogP contribution in [0.25, 0.3) is 0 Å². The number of carbonyl (C=O) groups excluding carboxylic acids is 1. The van der Waals surface area contributed by atoms with Crippen LogP contribution >= 0.6 is 11.8 Å². The zero-order valence-corrected chi connectivity index (χ0v) is 15.5. The highest BCUT2D eigenvalue weighted by Crippen LogP contribution is 2.34. The summed E-state index contributed by atoms with van der Waals surface area (Å²) in [5, 5.41) is 3.13. The fourth-order valence-corrected chi connectivity index (χ4v) is 3.77. The van der Waals surface area contributed by atoms with Gasteiger partial charge in [-0.1, -0.05) is 20.8 Å². The monoisotopic (exact) mass is 337 g/mol. The van der Waals surface area contributed by atoms with Crippen LogP contribution in [0.2, 0.25) is 0 Å². The highest BCUT2D eigenvalue weighted by atomic mass is 32.2. The first kappa shape index (κ1) is 18.0. The number of carbonyl (C=O) groups is 1. The van der Waals surface area contributed by atoms with E-state index in [2.05, 4.69) is 39.9 Å². The van der Waals surface area contributed by atoms with Crippen LogP contribution in [0.3, 0.4) is 0 Å². The molecule has 23 heavy (non-hydrogen) atoms. The van der Waals surface area contributed by atoms with Crippen molar-refractivity contribution in [3.05, 3.63) is 18.2 Å². The maximum atomic E-state index is 12.2. The van der Waals surface area contributed by atoms with E-state index in [1.807, 2.05) is 18.2 Å². The van der Waals surface area contributed by atoms with Crippen molar-refractivity contribution in [1.29, 1.82) is 0 Å². The highest BCUT2D eigenvalue weighted by Gasteiger charge is 2.26. The number of nitrogens with one attached hydrogen (secondary N) is 1. The number of ether oxygens (including phenoxy) is 2. The summed E-state index contributed by atoms with van der Waals surface area (Å²) >= 11 is 1.51. The minimum atomic E-state index is -0.206. The van der Waals surface area contributed by atoms with E-state index < -0.39 is 0 Å². The summed E-state index contributed by atoms with van der Waals surface area (Å²) in [6.45, 7) is 11.9. The molecule has 0 bridgehead atoms. The van der Waals surface area contributed by atoms with Crippen LogP contribution in [0.5, 0.6) is 11.5 Å². The van der Waals surface area contributed by atoms with Crippen molar-refractivity contribution in [2.45, 2.75) is 51.5 Å². The molecule has 1 aromatic rings.